The molecule has 0 rings (SSSR count). The van der Waals surface area contributed by atoms with Gasteiger partial charge in [0.2, 0.25) is 0 Å². The summed E-state index contributed by atoms with van der Waals surface area (Å²) in [7, 11) is 4.73. The van der Waals surface area contributed by atoms with Gasteiger partial charge in [-0.1, -0.05) is 52.4 Å². The van der Waals surface area contributed by atoms with Crippen LogP contribution in [0.2, 0.25) is 0 Å². The van der Waals surface area contributed by atoms with E-state index in [0.717, 1.165) is 0 Å². The third kappa shape index (κ3) is 14.2. The van der Waals surface area contributed by atoms with Crippen LogP contribution >= 0.6 is 13.5 Å². The van der Waals surface area contributed by atoms with Crippen molar-refractivity contribution in [2.45, 2.75) is 71.6 Å². The van der Waals surface area contributed by atoms with Crippen LogP contribution in [0.15, 0.2) is 0 Å². The SMILES string of the molecule is CCCCCCCCCC[N+](C)(C)CCC.S. The Morgan fingerprint density at radius 2 is 1.06 bits per heavy atom. The molecule has 0 radical (unpaired) electrons. The number of rotatable bonds is 11. The average Bonchev–Trinajstić information content (AvgIpc) is 2.22. The molecule has 0 aromatic heterocycles. The van der Waals surface area contributed by atoms with Gasteiger partial charge in [0.05, 0.1) is 27.2 Å². The average molecular weight is 263 g/mol. The van der Waals surface area contributed by atoms with Gasteiger partial charge >= 0.3 is 0 Å². The molecule has 2 heteroatoms. The van der Waals surface area contributed by atoms with Crippen LogP contribution in [0.3, 0.4) is 0 Å². The molecule has 0 N–H and O–H groups in total. The van der Waals surface area contributed by atoms with Gasteiger partial charge in [0.15, 0.2) is 0 Å². The molecule has 0 spiro atoms. The second kappa shape index (κ2) is 12.8. The summed E-state index contributed by atoms with van der Waals surface area (Å²) in [5.41, 5.74) is 0. The Labute approximate surface area is 117 Å². The van der Waals surface area contributed by atoms with Crippen LogP contribution < -0.4 is 0 Å². The molecule has 17 heavy (non-hydrogen) atoms. The summed E-state index contributed by atoms with van der Waals surface area (Å²) in [5, 5.41) is 0. The fourth-order valence-corrected chi connectivity index (χ4v) is 2.39. The fraction of sp³-hybridized carbons (Fsp3) is 1.00. The van der Waals surface area contributed by atoms with E-state index in [1.807, 2.05) is 0 Å². The zero-order chi connectivity index (χ0) is 12.3. The van der Waals surface area contributed by atoms with Crippen LogP contribution in [0.25, 0.3) is 0 Å². The first-order chi connectivity index (χ1) is 7.62. The molecular weight excluding hydrogens is 226 g/mol. The van der Waals surface area contributed by atoms with E-state index in [9.17, 15) is 0 Å². The Morgan fingerprint density at radius 3 is 1.53 bits per heavy atom. The second-order valence-electron chi connectivity index (χ2n) is 5.86. The minimum absolute atomic E-state index is 0. The van der Waals surface area contributed by atoms with Crippen molar-refractivity contribution in [1.29, 1.82) is 0 Å². The van der Waals surface area contributed by atoms with E-state index < -0.39 is 0 Å². The van der Waals surface area contributed by atoms with Crippen molar-refractivity contribution in [3.05, 3.63) is 0 Å². The van der Waals surface area contributed by atoms with E-state index in [4.69, 9.17) is 0 Å². The fourth-order valence-electron chi connectivity index (χ4n) is 2.39. The lowest BCUT2D eigenvalue weighted by Crippen LogP contribution is -2.40. The normalized spacial score (nSPS) is 11.3. The molecule has 0 aliphatic rings. The summed E-state index contributed by atoms with van der Waals surface area (Å²) < 4.78 is 1.21. The predicted molar refractivity (Wildman–Crippen MR) is 85.1 cm³/mol. The third-order valence-electron chi connectivity index (χ3n) is 3.45. The molecule has 0 aliphatic carbocycles. The zero-order valence-corrected chi connectivity index (χ0v) is 13.7. The molecule has 0 heterocycles. The molecule has 0 unspecified atom stereocenters. The van der Waals surface area contributed by atoms with E-state index in [1.54, 1.807) is 0 Å². The van der Waals surface area contributed by atoms with Crippen LogP contribution in [0.1, 0.15) is 71.6 Å². The highest BCUT2D eigenvalue weighted by atomic mass is 32.1. The smallest absolute Gasteiger partial charge is 0.0782 e. The summed E-state index contributed by atoms with van der Waals surface area (Å²) in [6.07, 6.45) is 12.8. The van der Waals surface area contributed by atoms with Crippen LogP contribution in [0.4, 0.5) is 0 Å². The van der Waals surface area contributed by atoms with Crippen LogP contribution in [-0.4, -0.2) is 31.7 Å². The second-order valence-corrected chi connectivity index (χ2v) is 5.86. The van der Waals surface area contributed by atoms with Crippen molar-refractivity contribution >= 4 is 13.5 Å². The lowest BCUT2D eigenvalue weighted by Gasteiger charge is -2.29. The van der Waals surface area contributed by atoms with Gasteiger partial charge < -0.3 is 4.48 Å². The van der Waals surface area contributed by atoms with Crippen molar-refractivity contribution in [2.75, 3.05) is 27.2 Å². The molecule has 0 atom stereocenters. The standard InChI is InChI=1S/C15H34N.H2S/c1-5-7-8-9-10-11-12-13-15-16(3,4)14-6-2;/h5-15H2,1-4H3;1H2/q+1;. The van der Waals surface area contributed by atoms with Gasteiger partial charge in [-0.3, -0.25) is 0 Å². The predicted octanol–water partition coefficient (Wildman–Crippen LogP) is 4.73. The Balaban J connectivity index is 0. The molecule has 0 amide bonds. The van der Waals surface area contributed by atoms with Gasteiger partial charge in [-0.2, -0.15) is 13.5 Å². The maximum absolute atomic E-state index is 2.37. The van der Waals surface area contributed by atoms with Crippen molar-refractivity contribution in [2.24, 2.45) is 0 Å². The van der Waals surface area contributed by atoms with Crippen LogP contribution in [0.5, 0.6) is 0 Å². The summed E-state index contributed by atoms with van der Waals surface area (Å²) in [6, 6.07) is 0. The molecule has 0 aliphatic heterocycles. The van der Waals surface area contributed by atoms with Gasteiger partial charge in [-0.15, -0.1) is 0 Å². The summed E-state index contributed by atoms with van der Waals surface area (Å²) in [4.78, 5) is 0. The van der Waals surface area contributed by atoms with Crippen LogP contribution in [0, 0.1) is 0 Å². The maximum Gasteiger partial charge on any atom is 0.0782 e. The highest BCUT2D eigenvalue weighted by molar-refractivity contribution is 7.59. The minimum atomic E-state index is 0. The van der Waals surface area contributed by atoms with Crippen LogP contribution in [-0.2, 0) is 0 Å². The van der Waals surface area contributed by atoms with Gasteiger partial charge in [-0.05, 0) is 19.3 Å². The molecule has 0 bridgehead atoms. The quantitative estimate of drug-likeness (QED) is 0.373. The van der Waals surface area contributed by atoms with Crippen molar-refractivity contribution < 1.29 is 4.48 Å². The first-order valence-electron chi connectivity index (χ1n) is 7.44. The summed E-state index contributed by atoms with van der Waals surface area (Å²) in [6.45, 7) is 7.26. The number of unbranched alkanes of at least 4 members (excludes halogenated alkanes) is 7. The molecule has 0 aromatic carbocycles. The first kappa shape index (κ1) is 19.6. The van der Waals surface area contributed by atoms with Crippen molar-refractivity contribution in [1.82, 2.24) is 0 Å². The summed E-state index contributed by atoms with van der Waals surface area (Å²) >= 11 is 0. The minimum Gasteiger partial charge on any atom is -0.328 e. The van der Waals surface area contributed by atoms with E-state index in [-0.39, 0.29) is 13.5 Å². The maximum atomic E-state index is 2.37. The Kier molecular flexibility index (Phi) is 14.7. The topological polar surface area (TPSA) is 0 Å². The lowest BCUT2D eigenvalue weighted by atomic mass is 10.1. The first-order valence-corrected chi connectivity index (χ1v) is 7.44. The largest absolute Gasteiger partial charge is 0.328 e. The monoisotopic (exact) mass is 262 g/mol. The molecule has 0 fully saturated rings. The molecule has 0 saturated heterocycles. The molecule has 1 nitrogen and oxygen atoms in total. The van der Waals surface area contributed by atoms with Gasteiger partial charge in [0.25, 0.3) is 0 Å². The summed E-state index contributed by atoms with van der Waals surface area (Å²) in [5.74, 6) is 0. The highest BCUT2D eigenvalue weighted by Gasteiger charge is 2.11. The van der Waals surface area contributed by atoms with E-state index in [2.05, 4.69) is 27.9 Å². The van der Waals surface area contributed by atoms with Gasteiger partial charge in [-0.25, -0.2) is 0 Å². The number of hydrogen-bond acceptors (Lipinski definition) is 0. The lowest BCUT2D eigenvalue weighted by molar-refractivity contribution is -0.890. The van der Waals surface area contributed by atoms with E-state index >= 15 is 0 Å². The van der Waals surface area contributed by atoms with Gasteiger partial charge in [0, 0.05) is 0 Å². The molecular formula is C15H36NS+. The molecule has 0 aromatic rings. The zero-order valence-electron chi connectivity index (χ0n) is 12.7. The van der Waals surface area contributed by atoms with Crippen molar-refractivity contribution in [3.8, 4) is 0 Å². The Morgan fingerprint density at radius 1 is 0.588 bits per heavy atom. The molecule has 0 saturated carbocycles. The van der Waals surface area contributed by atoms with Gasteiger partial charge in [0.1, 0.15) is 0 Å². The third-order valence-corrected chi connectivity index (χ3v) is 3.45. The number of nitrogens with zero attached hydrogens (tertiary/aromatic N) is 1. The van der Waals surface area contributed by atoms with E-state index in [1.165, 1.54) is 75.4 Å². The van der Waals surface area contributed by atoms with Crippen molar-refractivity contribution in [3.63, 3.8) is 0 Å². The number of quaternary nitrogens is 1. The molecule has 106 valence electrons. The highest BCUT2D eigenvalue weighted by Crippen LogP contribution is 2.10. The Bertz CT molecular complexity index is 146. The Hall–Kier alpha value is 0.310. The van der Waals surface area contributed by atoms with E-state index in [0.29, 0.717) is 0 Å². The number of hydrogen-bond donors (Lipinski definition) is 0.